The minimum Gasteiger partial charge on any atom is -0.469 e. The van der Waals surface area contributed by atoms with Crippen molar-refractivity contribution in [3.8, 4) is 11.3 Å². The van der Waals surface area contributed by atoms with Gasteiger partial charge in [0.05, 0.1) is 40.8 Å². The zero-order chi connectivity index (χ0) is 21.5. The molecule has 1 fully saturated rings. The molecule has 1 aromatic carbocycles. The minimum atomic E-state index is -0.365. The highest BCUT2D eigenvalue weighted by Gasteiger charge is 2.21. The van der Waals surface area contributed by atoms with Crippen molar-refractivity contribution < 1.29 is 13.9 Å². The number of rotatable bonds is 4. The fourth-order valence-electron chi connectivity index (χ4n) is 4.05. The number of hydrogen-bond acceptors (Lipinski definition) is 7. The summed E-state index contributed by atoms with van der Waals surface area (Å²) in [6.07, 6.45) is 3.89. The second kappa shape index (κ2) is 9.09. The van der Waals surface area contributed by atoms with E-state index >= 15 is 4.39 Å². The molecule has 1 saturated heterocycles. The molecule has 10 heteroatoms. The van der Waals surface area contributed by atoms with Crippen LogP contribution in [0, 0.1) is 12.7 Å². The van der Waals surface area contributed by atoms with Crippen LogP contribution in [-0.4, -0.2) is 45.8 Å². The van der Waals surface area contributed by atoms with E-state index in [4.69, 9.17) is 4.74 Å². The molecule has 0 radical (unpaired) electrons. The van der Waals surface area contributed by atoms with Crippen LogP contribution in [0.25, 0.3) is 27.1 Å². The van der Waals surface area contributed by atoms with E-state index in [1.165, 1.54) is 13.2 Å². The Morgan fingerprint density at radius 3 is 2.81 bits per heavy atom. The molecule has 4 heterocycles. The van der Waals surface area contributed by atoms with Gasteiger partial charge in [0.2, 0.25) is 0 Å². The second-order valence-corrected chi connectivity index (χ2v) is 8.90. The molecule has 3 aromatic heterocycles. The Hall–Kier alpha value is -2.62. The Balaban J connectivity index is 0.00000245. The number of carbonyl (C=O) groups excluding carboxylic acids is 1. The molecule has 0 saturated carbocycles. The number of piperidine rings is 1. The van der Waals surface area contributed by atoms with Gasteiger partial charge in [0.25, 0.3) is 0 Å². The first kappa shape index (κ1) is 22.6. The quantitative estimate of drug-likeness (QED) is 0.448. The van der Waals surface area contributed by atoms with Crippen LogP contribution in [0.4, 0.5) is 4.39 Å². The lowest BCUT2D eigenvalue weighted by molar-refractivity contribution is -0.139. The lowest BCUT2D eigenvalue weighted by atomic mass is 9.99. The van der Waals surface area contributed by atoms with Crippen LogP contribution in [0.5, 0.6) is 0 Å². The lowest BCUT2D eigenvalue weighted by Gasteiger charge is -2.20. The third kappa shape index (κ3) is 4.20. The maximum absolute atomic E-state index is 15.0. The zero-order valence-electron chi connectivity index (χ0n) is 17.7. The van der Waals surface area contributed by atoms with Crippen LogP contribution in [0.1, 0.15) is 35.0 Å². The molecule has 1 N–H and O–H groups in total. The highest BCUT2D eigenvalue weighted by molar-refractivity contribution is 7.18. The zero-order valence-corrected chi connectivity index (χ0v) is 19.4. The van der Waals surface area contributed by atoms with E-state index in [0.29, 0.717) is 33.9 Å². The number of methoxy groups -OCH3 is 1. The largest absolute Gasteiger partial charge is 0.469 e. The number of halogens is 2. The van der Waals surface area contributed by atoms with Crippen molar-refractivity contribution in [2.75, 3.05) is 20.2 Å². The summed E-state index contributed by atoms with van der Waals surface area (Å²) in [5.41, 5.74) is 3.69. The van der Waals surface area contributed by atoms with Crippen molar-refractivity contribution in [3.63, 3.8) is 0 Å². The molecular formula is C22H23ClFN5O2S. The monoisotopic (exact) mass is 475 g/mol. The molecule has 32 heavy (non-hydrogen) atoms. The molecule has 168 valence electrons. The van der Waals surface area contributed by atoms with E-state index in [1.807, 2.05) is 13.0 Å². The maximum Gasteiger partial charge on any atom is 0.310 e. The number of fused-ring (bicyclic) bond motifs is 2. The van der Waals surface area contributed by atoms with E-state index in [9.17, 15) is 4.79 Å². The SMILES string of the molecule is COC(=O)Cc1cc(-c2cc(F)c3nc(C4CCNCC4)sc3c2)nn2cc(C)nc12.Cl. The Morgan fingerprint density at radius 2 is 2.06 bits per heavy atom. The molecule has 1 aliphatic rings. The molecule has 0 spiro atoms. The molecule has 0 aliphatic carbocycles. The molecule has 4 aromatic rings. The van der Waals surface area contributed by atoms with Crippen molar-refractivity contribution in [1.82, 2.24) is 24.9 Å². The predicted molar refractivity (Wildman–Crippen MR) is 124 cm³/mol. The summed E-state index contributed by atoms with van der Waals surface area (Å²) >= 11 is 1.55. The Kier molecular flexibility index (Phi) is 6.41. The summed E-state index contributed by atoms with van der Waals surface area (Å²) < 4.78 is 22.3. The summed E-state index contributed by atoms with van der Waals surface area (Å²) in [7, 11) is 1.35. The van der Waals surface area contributed by atoms with Gasteiger partial charge in [-0.3, -0.25) is 4.79 Å². The average Bonchev–Trinajstić information content (AvgIpc) is 3.37. The van der Waals surface area contributed by atoms with Crippen molar-refractivity contribution >= 4 is 45.6 Å². The molecule has 0 bridgehead atoms. The summed E-state index contributed by atoms with van der Waals surface area (Å²) in [4.78, 5) is 21.0. The molecule has 0 atom stereocenters. The average molecular weight is 476 g/mol. The van der Waals surface area contributed by atoms with Gasteiger partial charge in [0, 0.05) is 17.0 Å². The van der Waals surface area contributed by atoms with Gasteiger partial charge >= 0.3 is 5.97 Å². The highest BCUT2D eigenvalue weighted by atomic mass is 35.5. The summed E-state index contributed by atoms with van der Waals surface area (Å²) in [5, 5.41) is 8.96. The van der Waals surface area contributed by atoms with Gasteiger partial charge < -0.3 is 10.1 Å². The Morgan fingerprint density at radius 1 is 1.28 bits per heavy atom. The van der Waals surface area contributed by atoms with Crippen molar-refractivity contribution in [2.24, 2.45) is 0 Å². The number of imidazole rings is 1. The number of aryl methyl sites for hydroxylation is 1. The van der Waals surface area contributed by atoms with E-state index in [-0.39, 0.29) is 30.6 Å². The summed E-state index contributed by atoms with van der Waals surface area (Å²) in [6, 6.07) is 5.18. The molecule has 1 aliphatic heterocycles. The number of hydrogen-bond donors (Lipinski definition) is 1. The maximum atomic E-state index is 15.0. The molecule has 0 amide bonds. The van der Waals surface area contributed by atoms with Gasteiger partial charge in [-0.2, -0.15) is 5.10 Å². The summed E-state index contributed by atoms with van der Waals surface area (Å²) in [6.45, 7) is 3.79. The normalized spacial score (nSPS) is 14.6. The van der Waals surface area contributed by atoms with E-state index in [1.54, 1.807) is 28.1 Å². The van der Waals surface area contributed by atoms with Crippen LogP contribution in [-0.2, 0) is 16.0 Å². The van der Waals surface area contributed by atoms with Crippen molar-refractivity contribution in [1.29, 1.82) is 0 Å². The third-order valence-corrected chi connectivity index (χ3v) is 6.80. The lowest BCUT2D eigenvalue weighted by Crippen LogP contribution is -2.26. The van der Waals surface area contributed by atoms with E-state index < -0.39 is 0 Å². The number of carbonyl (C=O) groups is 1. The number of aromatic nitrogens is 4. The van der Waals surface area contributed by atoms with Gasteiger partial charge in [0.15, 0.2) is 11.5 Å². The second-order valence-electron chi connectivity index (χ2n) is 7.84. The topological polar surface area (TPSA) is 81.4 Å². The predicted octanol–water partition coefficient (Wildman–Crippen LogP) is 4.06. The Bertz CT molecular complexity index is 1300. The number of nitrogens with one attached hydrogen (secondary N) is 1. The van der Waals surface area contributed by atoms with Crippen LogP contribution in [0.15, 0.2) is 24.4 Å². The highest BCUT2D eigenvalue weighted by Crippen LogP contribution is 2.35. The first-order valence-corrected chi connectivity index (χ1v) is 11.1. The van der Waals surface area contributed by atoms with Crippen molar-refractivity contribution in [3.05, 3.63) is 46.5 Å². The molecule has 7 nitrogen and oxygen atoms in total. The number of esters is 1. The molecule has 0 unspecified atom stereocenters. The fraction of sp³-hybridized carbons (Fsp3) is 0.364. The number of ether oxygens (including phenoxy) is 1. The van der Waals surface area contributed by atoms with E-state index in [0.717, 1.165) is 41.3 Å². The van der Waals surface area contributed by atoms with Crippen LogP contribution < -0.4 is 5.32 Å². The van der Waals surface area contributed by atoms with Crippen LogP contribution in [0.2, 0.25) is 0 Å². The summed E-state index contributed by atoms with van der Waals surface area (Å²) in [5.74, 6) is -0.353. The molecular weight excluding hydrogens is 453 g/mol. The van der Waals surface area contributed by atoms with Gasteiger partial charge in [0.1, 0.15) is 5.52 Å². The first-order chi connectivity index (χ1) is 15.0. The number of thiazole rings is 1. The number of benzene rings is 1. The van der Waals surface area contributed by atoms with Crippen LogP contribution >= 0.6 is 23.7 Å². The van der Waals surface area contributed by atoms with Gasteiger partial charge in [-0.15, -0.1) is 23.7 Å². The van der Waals surface area contributed by atoms with Gasteiger partial charge in [-0.1, -0.05) is 0 Å². The van der Waals surface area contributed by atoms with Gasteiger partial charge in [-0.05, 0) is 51.1 Å². The van der Waals surface area contributed by atoms with Gasteiger partial charge in [-0.25, -0.2) is 18.9 Å². The fourth-order valence-corrected chi connectivity index (χ4v) is 5.24. The third-order valence-electron chi connectivity index (χ3n) is 5.63. The Labute approximate surface area is 194 Å². The van der Waals surface area contributed by atoms with Crippen molar-refractivity contribution in [2.45, 2.75) is 32.1 Å². The minimum absolute atomic E-state index is 0. The van der Waals surface area contributed by atoms with Crippen LogP contribution in [0.3, 0.4) is 0 Å². The standard InChI is InChI=1S/C22H22FN5O2S.ClH/c1-12-11-28-21(25-12)15(10-19(29)30-2)8-17(27-28)14-7-16(23)20-18(9-14)31-22(26-20)13-3-5-24-6-4-13;/h7-9,11,13,24H,3-6,10H2,1-2H3;1H. The first-order valence-electron chi connectivity index (χ1n) is 10.3. The smallest absolute Gasteiger partial charge is 0.310 e. The van der Waals surface area contributed by atoms with E-state index in [2.05, 4.69) is 20.4 Å². The number of nitrogens with zero attached hydrogens (tertiary/aromatic N) is 4. The molecule has 5 rings (SSSR count).